The molecule has 0 unspecified atom stereocenters. The summed E-state index contributed by atoms with van der Waals surface area (Å²) in [6.07, 6.45) is 3.43. The molecule has 6 heteroatoms. The van der Waals surface area contributed by atoms with E-state index in [1.807, 2.05) is 0 Å². The highest BCUT2D eigenvalue weighted by molar-refractivity contribution is 5.64. The lowest BCUT2D eigenvalue weighted by molar-refractivity contribution is 0.194. The van der Waals surface area contributed by atoms with Gasteiger partial charge >= 0.3 is 6.09 Å². The van der Waals surface area contributed by atoms with Crippen LogP contribution in [0.25, 0.3) is 0 Å². The number of rotatable bonds is 5. The summed E-state index contributed by atoms with van der Waals surface area (Å²) in [6.45, 7) is 0.284. The maximum absolute atomic E-state index is 10.1. The molecule has 0 atom stereocenters. The van der Waals surface area contributed by atoms with Crippen LogP contribution in [0.1, 0.15) is 17.8 Å². The fourth-order valence-corrected chi connectivity index (χ4v) is 1.06. The number of hydrogen-bond donors (Lipinski definition) is 3. The predicted octanol–water partition coefficient (Wildman–Crippen LogP) is 0.169. The van der Waals surface area contributed by atoms with Crippen LogP contribution in [0.15, 0.2) is 12.4 Å². The molecular weight excluding hydrogens is 198 g/mol. The van der Waals surface area contributed by atoms with Gasteiger partial charge in [-0.1, -0.05) is 0 Å². The molecule has 1 amide bonds. The topological polar surface area (TPSA) is 95.3 Å². The number of carboxylic acid groups (broad SMARTS) is 1. The van der Waals surface area contributed by atoms with Crippen LogP contribution < -0.4 is 5.32 Å². The molecule has 0 aliphatic carbocycles. The lowest BCUT2D eigenvalue weighted by Crippen LogP contribution is -2.22. The van der Waals surface area contributed by atoms with Gasteiger partial charge in [0.05, 0.1) is 24.2 Å². The summed E-state index contributed by atoms with van der Waals surface area (Å²) in [5.41, 5.74) is 1.32. The Kier molecular flexibility index (Phi) is 4.49. The Balaban J connectivity index is 2.28. The average Bonchev–Trinajstić information content (AvgIpc) is 2.25. The molecule has 0 spiro atoms. The van der Waals surface area contributed by atoms with E-state index in [1.54, 1.807) is 6.20 Å². The predicted molar refractivity (Wildman–Crippen MR) is 52.3 cm³/mol. The molecule has 0 radical (unpaired) electrons. The standard InChI is InChI=1S/C9H13N3O3/c13-6-8-5-11-7(4-12-8)2-1-3-10-9(14)15/h4-5,10,13H,1-3,6H2,(H,14,15). The van der Waals surface area contributed by atoms with Crippen LogP contribution in [0.2, 0.25) is 0 Å². The minimum absolute atomic E-state index is 0.117. The van der Waals surface area contributed by atoms with Crippen molar-refractivity contribution in [1.29, 1.82) is 0 Å². The van der Waals surface area contributed by atoms with Crippen molar-refractivity contribution in [3.8, 4) is 0 Å². The zero-order valence-corrected chi connectivity index (χ0v) is 8.18. The van der Waals surface area contributed by atoms with Crippen molar-refractivity contribution < 1.29 is 15.0 Å². The minimum atomic E-state index is -1.02. The Hall–Kier alpha value is -1.69. The molecule has 1 aromatic heterocycles. The highest BCUT2D eigenvalue weighted by Crippen LogP contribution is 1.98. The van der Waals surface area contributed by atoms with Crippen LogP contribution in [0.5, 0.6) is 0 Å². The summed E-state index contributed by atoms with van der Waals surface area (Å²) in [6, 6.07) is 0. The summed E-state index contributed by atoms with van der Waals surface area (Å²) in [5.74, 6) is 0. The zero-order valence-electron chi connectivity index (χ0n) is 8.18. The van der Waals surface area contributed by atoms with Crippen molar-refractivity contribution in [2.24, 2.45) is 0 Å². The molecule has 1 heterocycles. The summed E-state index contributed by atoms with van der Waals surface area (Å²) in [5, 5.41) is 19.3. The lowest BCUT2D eigenvalue weighted by atomic mass is 10.2. The highest BCUT2D eigenvalue weighted by Gasteiger charge is 1.98. The quantitative estimate of drug-likeness (QED) is 0.603. The Morgan fingerprint density at radius 2 is 2.00 bits per heavy atom. The third-order valence-corrected chi connectivity index (χ3v) is 1.81. The molecule has 0 aliphatic heterocycles. The number of nitrogens with one attached hydrogen (secondary N) is 1. The van der Waals surface area contributed by atoms with Crippen LogP contribution in [0.3, 0.4) is 0 Å². The summed E-state index contributed by atoms with van der Waals surface area (Å²) >= 11 is 0. The molecule has 0 aromatic carbocycles. The average molecular weight is 211 g/mol. The SMILES string of the molecule is O=C(O)NCCCc1cnc(CO)cn1. The third kappa shape index (κ3) is 4.37. The Morgan fingerprint density at radius 1 is 1.33 bits per heavy atom. The number of hydrogen-bond acceptors (Lipinski definition) is 4. The number of aromatic nitrogens is 2. The number of aliphatic hydroxyl groups is 1. The molecule has 0 fully saturated rings. The molecule has 0 saturated carbocycles. The molecule has 0 bridgehead atoms. The second-order valence-electron chi connectivity index (χ2n) is 2.99. The van der Waals surface area contributed by atoms with Gasteiger partial charge in [-0.3, -0.25) is 9.97 Å². The molecule has 0 saturated heterocycles. The van der Waals surface area contributed by atoms with E-state index >= 15 is 0 Å². The van der Waals surface area contributed by atoms with Crippen molar-refractivity contribution in [3.63, 3.8) is 0 Å². The first-order chi connectivity index (χ1) is 7.22. The van der Waals surface area contributed by atoms with E-state index < -0.39 is 6.09 Å². The first-order valence-electron chi connectivity index (χ1n) is 4.60. The largest absolute Gasteiger partial charge is 0.465 e. The van der Waals surface area contributed by atoms with Gasteiger partial charge < -0.3 is 15.5 Å². The first kappa shape index (κ1) is 11.4. The summed E-state index contributed by atoms with van der Waals surface area (Å²) in [4.78, 5) is 18.2. The molecule has 1 aromatic rings. The summed E-state index contributed by atoms with van der Waals surface area (Å²) in [7, 11) is 0. The Labute approximate surface area is 87.0 Å². The zero-order chi connectivity index (χ0) is 11.1. The van der Waals surface area contributed by atoms with E-state index in [4.69, 9.17) is 10.2 Å². The van der Waals surface area contributed by atoms with Crippen LogP contribution in [-0.2, 0) is 13.0 Å². The lowest BCUT2D eigenvalue weighted by Gasteiger charge is -2.01. The van der Waals surface area contributed by atoms with Crippen LogP contribution in [0.4, 0.5) is 4.79 Å². The number of carbonyl (C=O) groups is 1. The number of aryl methyl sites for hydroxylation is 1. The first-order valence-corrected chi connectivity index (χ1v) is 4.60. The van der Waals surface area contributed by atoms with Gasteiger partial charge in [0.1, 0.15) is 0 Å². The van der Waals surface area contributed by atoms with Crippen LogP contribution in [0, 0.1) is 0 Å². The van der Waals surface area contributed by atoms with Gasteiger partial charge in [-0.05, 0) is 12.8 Å². The van der Waals surface area contributed by atoms with E-state index in [0.29, 0.717) is 25.1 Å². The van der Waals surface area contributed by atoms with Crippen molar-refractivity contribution in [2.45, 2.75) is 19.4 Å². The minimum Gasteiger partial charge on any atom is -0.465 e. The van der Waals surface area contributed by atoms with Crippen molar-refractivity contribution in [2.75, 3.05) is 6.54 Å². The van der Waals surface area contributed by atoms with E-state index in [0.717, 1.165) is 5.69 Å². The number of aliphatic hydroxyl groups excluding tert-OH is 1. The Bertz CT molecular complexity index is 313. The van der Waals surface area contributed by atoms with Gasteiger partial charge in [0.25, 0.3) is 0 Å². The monoisotopic (exact) mass is 211 g/mol. The van der Waals surface area contributed by atoms with Crippen molar-refractivity contribution in [3.05, 3.63) is 23.8 Å². The van der Waals surface area contributed by atoms with Gasteiger partial charge in [0.15, 0.2) is 0 Å². The number of amides is 1. The van der Waals surface area contributed by atoms with Crippen LogP contribution >= 0.6 is 0 Å². The van der Waals surface area contributed by atoms with E-state index in [2.05, 4.69) is 15.3 Å². The second kappa shape index (κ2) is 5.92. The van der Waals surface area contributed by atoms with Crippen molar-refractivity contribution in [1.82, 2.24) is 15.3 Å². The second-order valence-corrected chi connectivity index (χ2v) is 2.99. The molecule has 0 aliphatic rings. The van der Waals surface area contributed by atoms with Gasteiger partial charge in [-0.2, -0.15) is 0 Å². The van der Waals surface area contributed by atoms with E-state index in [9.17, 15) is 4.79 Å². The fraction of sp³-hybridized carbons (Fsp3) is 0.444. The van der Waals surface area contributed by atoms with Gasteiger partial charge in [-0.25, -0.2) is 4.79 Å². The van der Waals surface area contributed by atoms with Crippen LogP contribution in [-0.4, -0.2) is 32.8 Å². The van der Waals surface area contributed by atoms with Crippen molar-refractivity contribution >= 4 is 6.09 Å². The van der Waals surface area contributed by atoms with Gasteiger partial charge in [0, 0.05) is 12.7 Å². The molecule has 82 valence electrons. The smallest absolute Gasteiger partial charge is 0.404 e. The van der Waals surface area contributed by atoms with Gasteiger partial charge in [0.2, 0.25) is 0 Å². The highest BCUT2D eigenvalue weighted by atomic mass is 16.4. The Morgan fingerprint density at radius 3 is 2.53 bits per heavy atom. The van der Waals surface area contributed by atoms with E-state index in [-0.39, 0.29) is 6.61 Å². The molecule has 6 nitrogen and oxygen atoms in total. The fourth-order valence-electron chi connectivity index (χ4n) is 1.06. The molecule has 3 N–H and O–H groups in total. The molecule has 15 heavy (non-hydrogen) atoms. The van der Waals surface area contributed by atoms with Gasteiger partial charge in [-0.15, -0.1) is 0 Å². The van der Waals surface area contributed by atoms with E-state index in [1.165, 1.54) is 6.20 Å². The summed E-state index contributed by atoms with van der Waals surface area (Å²) < 4.78 is 0. The normalized spacial score (nSPS) is 9.93. The maximum atomic E-state index is 10.1. The molecule has 1 rings (SSSR count). The number of nitrogens with zero attached hydrogens (tertiary/aromatic N) is 2. The molecular formula is C9H13N3O3. The third-order valence-electron chi connectivity index (χ3n) is 1.81. The maximum Gasteiger partial charge on any atom is 0.404 e.